The summed E-state index contributed by atoms with van der Waals surface area (Å²) in [5, 5.41) is 0. The summed E-state index contributed by atoms with van der Waals surface area (Å²) in [6.07, 6.45) is 0. The van der Waals surface area contributed by atoms with Gasteiger partial charge in [-0.25, -0.2) is 22.2 Å². The van der Waals surface area contributed by atoms with E-state index in [1.807, 2.05) is 0 Å². The van der Waals surface area contributed by atoms with Gasteiger partial charge < -0.3 is 4.98 Å². The van der Waals surface area contributed by atoms with Gasteiger partial charge in [0.1, 0.15) is 23.4 Å². The summed E-state index contributed by atoms with van der Waals surface area (Å²) in [4.78, 5) is 33.5. The van der Waals surface area contributed by atoms with Crippen molar-refractivity contribution in [3.8, 4) is 0 Å². The van der Waals surface area contributed by atoms with Crippen LogP contribution in [0.5, 0.6) is 0 Å². The summed E-state index contributed by atoms with van der Waals surface area (Å²) in [5.41, 5.74) is 0.496. The molecule has 0 saturated carbocycles. The van der Waals surface area contributed by atoms with Gasteiger partial charge in [0.2, 0.25) is 0 Å². The highest BCUT2D eigenvalue weighted by Gasteiger charge is 2.34. The number of halogens is 3. The van der Waals surface area contributed by atoms with Crippen molar-refractivity contribution >= 4 is 42.3 Å². The van der Waals surface area contributed by atoms with Gasteiger partial charge in [-0.05, 0) is 36.4 Å². The zero-order valence-corrected chi connectivity index (χ0v) is 17.6. The molecule has 1 atom stereocenters. The number of carbonyl (C=O) groups is 2. The normalized spacial score (nSPS) is 12.6. The number of fused-ring (bicyclic) bond motifs is 1. The maximum absolute atomic E-state index is 13.7. The predicted octanol–water partition coefficient (Wildman–Crippen LogP) is 4.62. The molecule has 3 aromatic carbocycles. The van der Waals surface area contributed by atoms with E-state index in [9.17, 15) is 26.8 Å². The van der Waals surface area contributed by atoms with E-state index >= 15 is 0 Å². The molecule has 0 aliphatic carbocycles. The molecule has 0 saturated heterocycles. The standard InChI is InChI=1S/C22H13ClF2N2O4S/c23-32(30,31)16-5-3-4-12(10-16)20(28)19(21(29)13-8-14(24)11-15(25)9-13)22-26-17-6-1-2-7-18(17)27-22/h1-11,19H,(H,26,27). The Kier molecular flexibility index (Phi) is 5.62. The van der Waals surface area contributed by atoms with E-state index in [-0.39, 0.29) is 21.8 Å². The highest BCUT2D eigenvalue weighted by Crippen LogP contribution is 2.28. The molecule has 0 amide bonds. The number of carbonyl (C=O) groups excluding carboxylic acids is 2. The van der Waals surface area contributed by atoms with E-state index in [2.05, 4.69) is 9.97 Å². The molecule has 1 heterocycles. The Morgan fingerprint density at radius 1 is 0.875 bits per heavy atom. The van der Waals surface area contributed by atoms with Crippen molar-refractivity contribution in [3.05, 3.63) is 95.3 Å². The Bertz CT molecular complexity index is 1430. The van der Waals surface area contributed by atoms with Gasteiger partial charge in [-0.2, -0.15) is 0 Å². The first kappa shape index (κ1) is 21.8. The van der Waals surface area contributed by atoms with Crippen molar-refractivity contribution in [3.63, 3.8) is 0 Å². The van der Waals surface area contributed by atoms with E-state index in [1.54, 1.807) is 24.3 Å². The fourth-order valence-electron chi connectivity index (χ4n) is 3.31. The van der Waals surface area contributed by atoms with Crippen molar-refractivity contribution in [1.82, 2.24) is 9.97 Å². The molecule has 4 rings (SSSR count). The SMILES string of the molecule is O=C(c1cc(F)cc(F)c1)C(C(=O)c1cccc(S(=O)(=O)Cl)c1)c1nc2ccccc2[nH]1. The molecule has 32 heavy (non-hydrogen) atoms. The van der Waals surface area contributed by atoms with Crippen LogP contribution < -0.4 is 0 Å². The molecule has 0 fully saturated rings. The fourth-order valence-corrected chi connectivity index (χ4v) is 4.10. The van der Waals surface area contributed by atoms with Gasteiger partial charge in [0.05, 0.1) is 15.9 Å². The summed E-state index contributed by atoms with van der Waals surface area (Å²) in [5.74, 6) is -5.37. The second-order valence-electron chi connectivity index (χ2n) is 6.92. The lowest BCUT2D eigenvalue weighted by molar-refractivity contribution is 0.0855. The number of hydrogen-bond acceptors (Lipinski definition) is 5. The molecule has 162 valence electrons. The van der Waals surface area contributed by atoms with Crippen LogP contribution in [0.2, 0.25) is 0 Å². The molecular weight excluding hydrogens is 462 g/mol. The first-order valence-electron chi connectivity index (χ1n) is 9.17. The maximum Gasteiger partial charge on any atom is 0.261 e. The Balaban J connectivity index is 1.87. The summed E-state index contributed by atoms with van der Waals surface area (Å²) < 4.78 is 50.9. The maximum atomic E-state index is 13.7. The van der Waals surface area contributed by atoms with E-state index in [0.29, 0.717) is 17.1 Å². The Hall–Kier alpha value is -3.43. The number of para-hydroxylation sites is 2. The van der Waals surface area contributed by atoms with Crippen molar-refractivity contribution < 1.29 is 26.8 Å². The van der Waals surface area contributed by atoms with Gasteiger partial charge in [-0.1, -0.05) is 24.3 Å². The summed E-state index contributed by atoms with van der Waals surface area (Å²) in [6.45, 7) is 0. The third-order valence-corrected chi connectivity index (χ3v) is 6.10. The lowest BCUT2D eigenvalue weighted by Crippen LogP contribution is -2.24. The molecule has 0 aliphatic heterocycles. The van der Waals surface area contributed by atoms with Gasteiger partial charge >= 0.3 is 0 Å². The molecule has 0 bridgehead atoms. The van der Waals surface area contributed by atoms with Crippen LogP contribution in [0.1, 0.15) is 32.5 Å². The number of imidazole rings is 1. The van der Waals surface area contributed by atoms with Gasteiger partial charge in [-0.3, -0.25) is 9.59 Å². The summed E-state index contributed by atoms with van der Waals surface area (Å²) >= 11 is 0. The number of nitrogens with zero attached hydrogens (tertiary/aromatic N) is 1. The van der Waals surface area contributed by atoms with Crippen LogP contribution in [0.4, 0.5) is 8.78 Å². The molecule has 10 heteroatoms. The Labute approximate surface area is 185 Å². The summed E-state index contributed by atoms with van der Waals surface area (Å²) in [6, 6.07) is 13.8. The fraction of sp³-hybridized carbons (Fsp3) is 0.0455. The zero-order chi connectivity index (χ0) is 23.0. The lowest BCUT2D eigenvalue weighted by atomic mass is 9.89. The predicted molar refractivity (Wildman–Crippen MR) is 113 cm³/mol. The number of aromatic nitrogens is 2. The number of aromatic amines is 1. The monoisotopic (exact) mass is 474 g/mol. The van der Waals surface area contributed by atoms with Crippen LogP contribution in [-0.4, -0.2) is 30.0 Å². The van der Waals surface area contributed by atoms with Crippen molar-refractivity contribution in [2.24, 2.45) is 0 Å². The molecule has 0 aliphatic rings. The van der Waals surface area contributed by atoms with Crippen LogP contribution in [0, 0.1) is 11.6 Å². The molecule has 0 radical (unpaired) electrons. The zero-order valence-electron chi connectivity index (χ0n) is 16.1. The topological polar surface area (TPSA) is 97.0 Å². The number of hydrogen-bond donors (Lipinski definition) is 1. The van der Waals surface area contributed by atoms with Crippen LogP contribution in [-0.2, 0) is 9.05 Å². The Morgan fingerprint density at radius 3 is 2.19 bits per heavy atom. The lowest BCUT2D eigenvalue weighted by Gasteiger charge is -2.14. The number of benzene rings is 3. The van der Waals surface area contributed by atoms with Gasteiger partial charge in [-0.15, -0.1) is 0 Å². The van der Waals surface area contributed by atoms with Crippen LogP contribution in [0.25, 0.3) is 11.0 Å². The van der Waals surface area contributed by atoms with Crippen molar-refractivity contribution in [2.45, 2.75) is 10.8 Å². The van der Waals surface area contributed by atoms with Crippen LogP contribution >= 0.6 is 10.7 Å². The molecular formula is C22H13ClF2N2O4S. The smallest absolute Gasteiger partial charge is 0.261 e. The molecule has 4 aromatic rings. The minimum Gasteiger partial charge on any atom is -0.341 e. The molecule has 1 N–H and O–H groups in total. The van der Waals surface area contributed by atoms with E-state index < -0.39 is 38.2 Å². The molecule has 1 aromatic heterocycles. The third-order valence-electron chi connectivity index (χ3n) is 4.75. The number of H-pyrrole nitrogens is 1. The van der Waals surface area contributed by atoms with Gasteiger partial charge in [0.25, 0.3) is 9.05 Å². The van der Waals surface area contributed by atoms with Crippen molar-refractivity contribution in [1.29, 1.82) is 0 Å². The minimum atomic E-state index is -4.14. The van der Waals surface area contributed by atoms with Crippen LogP contribution in [0.15, 0.2) is 71.6 Å². The highest BCUT2D eigenvalue weighted by atomic mass is 35.7. The first-order valence-corrected chi connectivity index (χ1v) is 11.5. The van der Waals surface area contributed by atoms with Gasteiger partial charge in [0.15, 0.2) is 11.6 Å². The number of ketones is 2. The molecule has 6 nitrogen and oxygen atoms in total. The summed E-state index contributed by atoms with van der Waals surface area (Å²) in [7, 11) is 1.23. The van der Waals surface area contributed by atoms with Crippen LogP contribution in [0.3, 0.4) is 0 Å². The van der Waals surface area contributed by atoms with Gasteiger partial charge in [0, 0.05) is 27.9 Å². The van der Waals surface area contributed by atoms with E-state index in [4.69, 9.17) is 10.7 Å². The average Bonchev–Trinajstić information content (AvgIpc) is 3.16. The average molecular weight is 475 g/mol. The molecule has 0 spiro atoms. The highest BCUT2D eigenvalue weighted by molar-refractivity contribution is 8.13. The van der Waals surface area contributed by atoms with E-state index in [0.717, 1.165) is 18.2 Å². The minimum absolute atomic E-state index is 0.0509. The second-order valence-corrected chi connectivity index (χ2v) is 9.49. The quantitative estimate of drug-likeness (QED) is 0.250. The largest absolute Gasteiger partial charge is 0.341 e. The van der Waals surface area contributed by atoms with Crippen molar-refractivity contribution in [2.75, 3.05) is 0 Å². The van der Waals surface area contributed by atoms with E-state index in [1.165, 1.54) is 18.2 Å². The third kappa shape index (κ3) is 4.30. The molecule has 1 unspecified atom stereocenters. The second kappa shape index (κ2) is 8.25. The number of nitrogens with one attached hydrogen (secondary N) is 1. The number of rotatable bonds is 6. The first-order chi connectivity index (χ1) is 15.1. The number of Topliss-reactive ketones (excluding diaryl/α,β-unsaturated/α-hetero) is 2. The Morgan fingerprint density at radius 2 is 1.53 bits per heavy atom.